The summed E-state index contributed by atoms with van der Waals surface area (Å²) in [6.45, 7) is 2.69. The summed E-state index contributed by atoms with van der Waals surface area (Å²) in [4.78, 5) is 17.0. The maximum absolute atomic E-state index is 12.4. The molecule has 0 spiro atoms. The average Bonchev–Trinajstić information content (AvgIpc) is 3.26. The number of hydrogen-bond acceptors (Lipinski definition) is 5. The van der Waals surface area contributed by atoms with Gasteiger partial charge in [0.15, 0.2) is 10.2 Å². The van der Waals surface area contributed by atoms with Crippen LogP contribution in [0.5, 0.6) is 5.75 Å². The summed E-state index contributed by atoms with van der Waals surface area (Å²) >= 11 is 6.72. The number of nitrogens with one attached hydrogen (secondary N) is 2. The van der Waals surface area contributed by atoms with E-state index in [1.165, 1.54) is 16.7 Å². The molecular formula is C24H21N3O2S2. The highest BCUT2D eigenvalue weighted by molar-refractivity contribution is 7.80. The Morgan fingerprint density at radius 1 is 1.06 bits per heavy atom. The smallest absolute Gasteiger partial charge is 0.257 e. The van der Waals surface area contributed by atoms with E-state index in [4.69, 9.17) is 17.0 Å². The zero-order valence-corrected chi connectivity index (χ0v) is 18.6. The van der Waals surface area contributed by atoms with Gasteiger partial charge in [0.25, 0.3) is 5.91 Å². The van der Waals surface area contributed by atoms with Crippen molar-refractivity contribution in [2.24, 2.45) is 0 Å². The Morgan fingerprint density at radius 3 is 2.61 bits per heavy atom. The number of carbonyl (C=O) groups excluding carboxylic acids is 1. The third-order valence-electron chi connectivity index (χ3n) is 4.59. The normalized spacial score (nSPS) is 10.6. The number of aromatic nitrogens is 1. The highest BCUT2D eigenvalue weighted by atomic mass is 32.1. The summed E-state index contributed by atoms with van der Waals surface area (Å²) in [5.74, 6) is 0.453. The number of thiazole rings is 1. The average molecular weight is 448 g/mol. The minimum absolute atomic E-state index is 0.204. The first kappa shape index (κ1) is 21.0. The summed E-state index contributed by atoms with van der Waals surface area (Å²) in [5.41, 5.74) is 2.39. The molecule has 2 N–H and O–H groups in total. The van der Waals surface area contributed by atoms with Gasteiger partial charge in [0, 0.05) is 16.5 Å². The van der Waals surface area contributed by atoms with Crippen molar-refractivity contribution in [2.75, 3.05) is 11.9 Å². The lowest BCUT2D eigenvalue weighted by atomic mass is 10.1. The van der Waals surface area contributed by atoms with Crippen LogP contribution in [0, 0.1) is 0 Å². The van der Waals surface area contributed by atoms with Gasteiger partial charge >= 0.3 is 0 Å². The molecule has 3 aromatic carbocycles. The SMILES string of the molecule is CCCOc1ccc(C(=O)NC(=S)Nc2nc(-c3ccc4ccccc4c3)cs2)cc1. The summed E-state index contributed by atoms with van der Waals surface area (Å²) in [5, 5.41) is 10.8. The first-order valence-electron chi connectivity index (χ1n) is 9.92. The number of ether oxygens (including phenoxy) is 1. The van der Waals surface area contributed by atoms with Gasteiger partial charge in [-0.3, -0.25) is 10.1 Å². The van der Waals surface area contributed by atoms with Gasteiger partial charge in [0.05, 0.1) is 12.3 Å². The van der Waals surface area contributed by atoms with Gasteiger partial charge in [-0.2, -0.15) is 0 Å². The molecule has 7 heteroatoms. The van der Waals surface area contributed by atoms with Crippen molar-refractivity contribution >= 4 is 50.5 Å². The number of rotatable bonds is 6. The zero-order valence-electron chi connectivity index (χ0n) is 16.9. The number of fused-ring (bicyclic) bond motifs is 1. The second-order valence-corrected chi connectivity index (χ2v) is 8.15. The molecule has 1 aromatic heterocycles. The van der Waals surface area contributed by atoms with Crippen molar-refractivity contribution < 1.29 is 9.53 Å². The van der Waals surface area contributed by atoms with E-state index in [0.29, 0.717) is 17.3 Å². The van der Waals surface area contributed by atoms with Gasteiger partial charge < -0.3 is 10.1 Å². The molecule has 0 aliphatic rings. The number of benzene rings is 3. The molecule has 0 atom stereocenters. The van der Waals surface area contributed by atoms with Crippen LogP contribution in [0.4, 0.5) is 5.13 Å². The van der Waals surface area contributed by atoms with Crippen LogP contribution >= 0.6 is 23.6 Å². The molecule has 0 unspecified atom stereocenters. The highest BCUT2D eigenvalue weighted by Gasteiger charge is 2.11. The van der Waals surface area contributed by atoms with Gasteiger partial charge in [-0.15, -0.1) is 11.3 Å². The lowest BCUT2D eigenvalue weighted by Crippen LogP contribution is -2.34. The first-order chi connectivity index (χ1) is 15.1. The molecule has 5 nitrogen and oxygen atoms in total. The Hall–Kier alpha value is -3.29. The van der Waals surface area contributed by atoms with Gasteiger partial charge in [-0.05, 0) is 59.7 Å². The fourth-order valence-corrected chi connectivity index (χ4v) is 4.02. The third-order valence-corrected chi connectivity index (χ3v) is 5.55. The first-order valence-corrected chi connectivity index (χ1v) is 11.2. The number of amides is 1. The fourth-order valence-electron chi connectivity index (χ4n) is 3.04. The van der Waals surface area contributed by atoms with Crippen molar-refractivity contribution in [3.63, 3.8) is 0 Å². The molecule has 156 valence electrons. The van der Waals surface area contributed by atoms with Crippen LogP contribution in [0.3, 0.4) is 0 Å². The maximum Gasteiger partial charge on any atom is 0.257 e. The number of thiocarbonyl (C=S) groups is 1. The molecule has 0 bridgehead atoms. The summed E-state index contributed by atoms with van der Waals surface area (Å²) in [7, 11) is 0. The largest absolute Gasteiger partial charge is 0.494 e. The Morgan fingerprint density at radius 2 is 1.84 bits per heavy atom. The molecule has 0 saturated carbocycles. The van der Waals surface area contributed by atoms with Crippen LogP contribution in [0.15, 0.2) is 72.1 Å². The molecule has 0 radical (unpaired) electrons. The molecule has 4 aromatic rings. The van der Waals surface area contributed by atoms with E-state index in [-0.39, 0.29) is 11.0 Å². The molecule has 0 aliphatic carbocycles. The molecule has 1 amide bonds. The summed E-state index contributed by atoms with van der Waals surface area (Å²) in [6.07, 6.45) is 0.932. The fraction of sp³-hybridized carbons (Fsp3) is 0.125. The standard InChI is InChI=1S/C24H21N3O2S2/c1-2-13-29-20-11-9-17(10-12-20)22(28)26-23(30)27-24-25-21(15-31-24)19-8-7-16-5-3-4-6-18(16)14-19/h3-12,14-15H,2,13H2,1H3,(H2,25,26,27,28,30). The molecule has 1 heterocycles. The van der Waals surface area contributed by atoms with Crippen LogP contribution in [0.2, 0.25) is 0 Å². The number of carbonyl (C=O) groups is 1. The number of nitrogens with zero attached hydrogens (tertiary/aromatic N) is 1. The highest BCUT2D eigenvalue weighted by Crippen LogP contribution is 2.27. The lowest BCUT2D eigenvalue weighted by molar-refractivity contribution is 0.0977. The van der Waals surface area contributed by atoms with E-state index in [1.54, 1.807) is 24.3 Å². The summed E-state index contributed by atoms with van der Waals surface area (Å²) < 4.78 is 5.54. The summed E-state index contributed by atoms with van der Waals surface area (Å²) in [6, 6.07) is 21.4. The molecule has 0 aliphatic heterocycles. The predicted molar refractivity (Wildman–Crippen MR) is 131 cm³/mol. The lowest BCUT2D eigenvalue weighted by Gasteiger charge is -2.08. The van der Waals surface area contributed by atoms with Crippen LogP contribution in [-0.4, -0.2) is 22.6 Å². The Kier molecular flexibility index (Phi) is 6.54. The van der Waals surface area contributed by atoms with E-state index in [9.17, 15) is 4.79 Å². The Labute approximate surface area is 190 Å². The molecule has 31 heavy (non-hydrogen) atoms. The molecule has 0 fully saturated rings. The van der Waals surface area contributed by atoms with Gasteiger partial charge in [-0.25, -0.2) is 4.98 Å². The molecule has 0 saturated heterocycles. The minimum atomic E-state index is -0.286. The van der Waals surface area contributed by atoms with Crippen LogP contribution in [0.1, 0.15) is 23.7 Å². The molecule has 4 rings (SSSR count). The Balaban J connectivity index is 1.37. The van der Waals surface area contributed by atoms with E-state index in [2.05, 4.69) is 45.9 Å². The van der Waals surface area contributed by atoms with E-state index in [0.717, 1.165) is 28.8 Å². The van der Waals surface area contributed by atoms with Crippen molar-refractivity contribution in [2.45, 2.75) is 13.3 Å². The van der Waals surface area contributed by atoms with E-state index in [1.807, 2.05) is 24.4 Å². The number of anilines is 1. The predicted octanol–water partition coefficient (Wildman–Crippen LogP) is 5.88. The van der Waals surface area contributed by atoms with Crippen LogP contribution in [-0.2, 0) is 0 Å². The van der Waals surface area contributed by atoms with E-state index < -0.39 is 0 Å². The quantitative estimate of drug-likeness (QED) is 0.362. The van der Waals surface area contributed by atoms with Crippen molar-refractivity contribution in [3.8, 4) is 17.0 Å². The Bertz CT molecular complexity index is 1220. The van der Waals surface area contributed by atoms with Crippen molar-refractivity contribution in [1.82, 2.24) is 10.3 Å². The van der Waals surface area contributed by atoms with Gasteiger partial charge in [0.2, 0.25) is 0 Å². The molecular weight excluding hydrogens is 426 g/mol. The van der Waals surface area contributed by atoms with Gasteiger partial charge in [0.1, 0.15) is 5.75 Å². The zero-order chi connectivity index (χ0) is 21.6. The topological polar surface area (TPSA) is 63.2 Å². The van der Waals surface area contributed by atoms with E-state index >= 15 is 0 Å². The van der Waals surface area contributed by atoms with Gasteiger partial charge in [-0.1, -0.05) is 43.3 Å². The van der Waals surface area contributed by atoms with Crippen LogP contribution in [0.25, 0.3) is 22.0 Å². The number of hydrogen-bond donors (Lipinski definition) is 2. The second kappa shape index (κ2) is 9.68. The van der Waals surface area contributed by atoms with Crippen molar-refractivity contribution in [1.29, 1.82) is 0 Å². The minimum Gasteiger partial charge on any atom is -0.494 e. The monoisotopic (exact) mass is 447 g/mol. The second-order valence-electron chi connectivity index (χ2n) is 6.88. The van der Waals surface area contributed by atoms with Crippen LogP contribution < -0.4 is 15.4 Å². The maximum atomic E-state index is 12.4. The third kappa shape index (κ3) is 5.25. The van der Waals surface area contributed by atoms with Crippen molar-refractivity contribution in [3.05, 3.63) is 77.7 Å².